The molecule has 12 heavy (non-hydrogen) atoms. The summed E-state index contributed by atoms with van der Waals surface area (Å²) in [5, 5.41) is 2.94. The lowest BCUT2D eigenvalue weighted by atomic mass is 10.2. The average molecular weight is 165 g/mol. The van der Waals surface area contributed by atoms with E-state index >= 15 is 0 Å². The Kier molecular flexibility index (Phi) is 7.05. The van der Waals surface area contributed by atoms with Crippen molar-refractivity contribution in [2.75, 3.05) is 7.05 Å². The van der Waals surface area contributed by atoms with Crippen LogP contribution in [0.25, 0.3) is 6.08 Å². The zero-order chi connectivity index (χ0) is 9.23. The van der Waals surface area contributed by atoms with Crippen LogP contribution in [-0.2, 0) is 0 Å². The number of hydrogen-bond donors (Lipinski definition) is 1. The van der Waals surface area contributed by atoms with Gasteiger partial charge in [-0.3, -0.25) is 0 Å². The van der Waals surface area contributed by atoms with Crippen LogP contribution in [0, 0.1) is 0 Å². The van der Waals surface area contributed by atoms with Crippen molar-refractivity contribution in [2.24, 2.45) is 0 Å². The molecule has 0 spiro atoms. The molecule has 0 radical (unpaired) electrons. The molecular formula is C11H19N. The van der Waals surface area contributed by atoms with Crippen LogP contribution < -0.4 is 5.32 Å². The Hall–Kier alpha value is -1.24. The van der Waals surface area contributed by atoms with Gasteiger partial charge in [0, 0.05) is 8.47 Å². The Morgan fingerprint density at radius 2 is 1.75 bits per heavy atom. The third-order valence-corrected chi connectivity index (χ3v) is 1.24. The summed E-state index contributed by atoms with van der Waals surface area (Å²) < 4.78 is 0. The Morgan fingerprint density at radius 1 is 1.17 bits per heavy atom. The van der Waals surface area contributed by atoms with Gasteiger partial charge in [-0.05, 0) is 17.8 Å². The molecule has 0 unspecified atom stereocenters. The highest BCUT2D eigenvalue weighted by Gasteiger charge is 1.78. The minimum absolute atomic E-state index is 0. The van der Waals surface area contributed by atoms with E-state index in [4.69, 9.17) is 0 Å². The molecule has 1 N–H and O–H groups in total. The molecule has 0 bridgehead atoms. The fraction of sp³-hybridized carbons (Fsp3) is 0.273. The van der Waals surface area contributed by atoms with Gasteiger partial charge in [0.05, 0.1) is 0 Å². The van der Waals surface area contributed by atoms with Crippen LogP contribution in [0.2, 0.25) is 0 Å². The van der Waals surface area contributed by atoms with E-state index in [1.165, 1.54) is 5.56 Å². The van der Waals surface area contributed by atoms with Crippen molar-refractivity contribution in [3.05, 3.63) is 42.1 Å². The second-order valence-electron chi connectivity index (χ2n) is 2.03. The van der Waals surface area contributed by atoms with E-state index in [-0.39, 0.29) is 1.43 Å². The lowest BCUT2D eigenvalue weighted by Gasteiger charge is -1.89. The number of rotatable bonds is 2. The molecule has 0 saturated heterocycles. The van der Waals surface area contributed by atoms with Gasteiger partial charge in [0.2, 0.25) is 0 Å². The average Bonchev–Trinajstić information content (AvgIpc) is 2.19. The van der Waals surface area contributed by atoms with E-state index in [9.17, 15) is 0 Å². The fourth-order valence-electron chi connectivity index (χ4n) is 0.744. The van der Waals surface area contributed by atoms with Crippen LogP contribution in [0.3, 0.4) is 0 Å². The maximum absolute atomic E-state index is 2.94. The second kappa shape index (κ2) is 7.86. The molecule has 1 heteroatoms. The van der Waals surface area contributed by atoms with Gasteiger partial charge in [0.15, 0.2) is 0 Å². The first-order chi connectivity index (χ1) is 5.93. The Bertz CT molecular complexity index is 207. The van der Waals surface area contributed by atoms with Gasteiger partial charge in [0.25, 0.3) is 0 Å². The maximum Gasteiger partial charge on any atom is 0.00277 e. The lowest BCUT2D eigenvalue weighted by Crippen LogP contribution is -1.90. The molecule has 1 rings (SSSR count). The number of nitrogens with one attached hydrogen (secondary N) is 1. The molecule has 1 aromatic rings. The molecule has 68 valence electrons. The van der Waals surface area contributed by atoms with E-state index in [0.717, 1.165) is 0 Å². The number of benzene rings is 1. The van der Waals surface area contributed by atoms with Gasteiger partial charge < -0.3 is 5.32 Å². The first-order valence-electron chi connectivity index (χ1n) is 4.32. The van der Waals surface area contributed by atoms with Crippen molar-refractivity contribution >= 4 is 6.08 Å². The lowest BCUT2D eigenvalue weighted by molar-refractivity contribution is 1.11. The van der Waals surface area contributed by atoms with Crippen LogP contribution >= 0.6 is 0 Å². The van der Waals surface area contributed by atoms with Crippen LogP contribution in [-0.4, -0.2) is 7.05 Å². The zero-order valence-corrected chi connectivity index (χ0v) is 8.04. The van der Waals surface area contributed by atoms with Crippen molar-refractivity contribution in [1.29, 1.82) is 0 Å². The Morgan fingerprint density at radius 3 is 2.25 bits per heavy atom. The van der Waals surface area contributed by atoms with Crippen LogP contribution in [0.15, 0.2) is 36.5 Å². The Balaban J connectivity index is 0. The summed E-state index contributed by atoms with van der Waals surface area (Å²) in [5.74, 6) is 0. The largest absolute Gasteiger partial charge is 0.394 e. The van der Waals surface area contributed by atoms with Crippen molar-refractivity contribution in [3.63, 3.8) is 0 Å². The maximum atomic E-state index is 2.94. The van der Waals surface area contributed by atoms with Gasteiger partial charge in [-0.15, -0.1) is 0 Å². The molecule has 0 fully saturated rings. The van der Waals surface area contributed by atoms with E-state index in [1.54, 1.807) is 0 Å². The second-order valence-corrected chi connectivity index (χ2v) is 2.03. The van der Waals surface area contributed by atoms with E-state index in [2.05, 4.69) is 17.4 Å². The van der Waals surface area contributed by atoms with Crippen molar-refractivity contribution in [1.82, 2.24) is 5.32 Å². The third-order valence-electron chi connectivity index (χ3n) is 1.24. The molecule has 1 nitrogen and oxygen atoms in total. The number of hydrogen-bond acceptors (Lipinski definition) is 1. The zero-order valence-electron chi connectivity index (χ0n) is 8.04. The highest BCUT2D eigenvalue weighted by molar-refractivity contribution is 5.48. The smallest absolute Gasteiger partial charge is 0.00277 e. The highest BCUT2D eigenvalue weighted by atomic mass is 14.8. The summed E-state index contributed by atoms with van der Waals surface area (Å²) in [6.45, 7) is 4.00. The minimum atomic E-state index is 0. The summed E-state index contributed by atoms with van der Waals surface area (Å²) in [6.07, 6.45) is 3.94. The molecular weight excluding hydrogens is 146 g/mol. The summed E-state index contributed by atoms with van der Waals surface area (Å²) in [6, 6.07) is 10.2. The van der Waals surface area contributed by atoms with Crippen molar-refractivity contribution in [2.45, 2.75) is 13.8 Å². The monoisotopic (exact) mass is 165 g/mol. The van der Waals surface area contributed by atoms with Crippen molar-refractivity contribution < 1.29 is 1.43 Å². The molecule has 0 amide bonds. The molecule has 0 atom stereocenters. The van der Waals surface area contributed by atoms with Crippen molar-refractivity contribution in [3.8, 4) is 0 Å². The van der Waals surface area contributed by atoms with Gasteiger partial charge in [-0.2, -0.15) is 0 Å². The summed E-state index contributed by atoms with van der Waals surface area (Å²) >= 11 is 0. The SMILES string of the molecule is CC.CN/C=C\c1ccccc1.[HH]. The van der Waals surface area contributed by atoms with E-state index in [1.807, 2.05) is 51.4 Å². The standard InChI is InChI=1S/C9H11N.C2H6.H2/c1-10-8-7-9-5-3-2-4-6-9;1-2;/h2-8,10H,1H3;1-2H3;1H/b8-7-;;. The van der Waals surface area contributed by atoms with Crippen LogP contribution in [0.4, 0.5) is 0 Å². The Labute approximate surface area is 76.6 Å². The van der Waals surface area contributed by atoms with Crippen LogP contribution in [0.5, 0.6) is 0 Å². The van der Waals surface area contributed by atoms with Gasteiger partial charge in [-0.1, -0.05) is 44.2 Å². The molecule has 0 saturated carbocycles. The van der Waals surface area contributed by atoms with Gasteiger partial charge in [0.1, 0.15) is 0 Å². The molecule has 0 aliphatic heterocycles. The fourth-order valence-corrected chi connectivity index (χ4v) is 0.744. The first kappa shape index (κ1) is 10.8. The first-order valence-corrected chi connectivity index (χ1v) is 4.32. The topological polar surface area (TPSA) is 12.0 Å². The van der Waals surface area contributed by atoms with E-state index in [0.29, 0.717) is 0 Å². The molecule has 0 aliphatic rings. The normalized spacial score (nSPS) is 8.92. The minimum Gasteiger partial charge on any atom is -0.394 e. The molecule has 0 aliphatic carbocycles. The molecule has 0 heterocycles. The van der Waals surface area contributed by atoms with E-state index < -0.39 is 0 Å². The molecule has 1 aromatic carbocycles. The summed E-state index contributed by atoms with van der Waals surface area (Å²) in [5.41, 5.74) is 1.22. The third kappa shape index (κ3) is 4.56. The van der Waals surface area contributed by atoms with Crippen LogP contribution in [0.1, 0.15) is 20.8 Å². The summed E-state index contributed by atoms with van der Waals surface area (Å²) in [4.78, 5) is 0. The highest BCUT2D eigenvalue weighted by Crippen LogP contribution is 1.98. The quantitative estimate of drug-likeness (QED) is 0.710. The predicted molar refractivity (Wildman–Crippen MR) is 58.0 cm³/mol. The predicted octanol–water partition coefficient (Wildman–Crippen LogP) is 3.15. The van der Waals surface area contributed by atoms with Gasteiger partial charge in [-0.25, -0.2) is 0 Å². The van der Waals surface area contributed by atoms with Gasteiger partial charge >= 0.3 is 0 Å². The summed E-state index contributed by atoms with van der Waals surface area (Å²) in [7, 11) is 1.89. The molecule has 0 aromatic heterocycles.